The van der Waals surface area contributed by atoms with E-state index in [4.69, 9.17) is 4.74 Å². The third-order valence-corrected chi connectivity index (χ3v) is 3.31. The third kappa shape index (κ3) is 3.96. The molecule has 1 aliphatic heterocycles. The van der Waals surface area contributed by atoms with Crippen LogP contribution in [-0.4, -0.2) is 57.2 Å². The zero-order chi connectivity index (χ0) is 14.8. The van der Waals surface area contributed by atoms with Crippen LogP contribution in [0.3, 0.4) is 0 Å². The highest BCUT2D eigenvalue weighted by atomic mass is 16.6. The van der Waals surface area contributed by atoms with Gasteiger partial charge in [-0.15, -0.1) is 0 Å². The first kappa shape index (κ1) is 14.8. The summed E-state index contributed by atoms with van der Waals surface area (Å²) in [6.07, 6.45) is 3.55. The third-order valence-electron chi connectivity index (χ3n) is 3.31. The van der Waals surface area contributed by atoms with Gasteiger partial charge in [0.1, 0.15) is 11.4 Å². The van der Waals surface area contributed by atoms with E-state index in [0.29, 0.717) is 13.1 Å². The minimum Gasteiger partial charge on any atom is -0.444 e. The first-order valence-electron chi connectivity index (χ1n) is 7.01. The van der Waals surface area contributed by atoms with E-state index in [-0.39, 0.29) is 6.09 Å². The number of nitrogens with zero attached hydrogens (tertiary/aromatic N) is 4. The van der Waals surface area contributed by atoms with Gasteiger partial charge in [-0.2, -0.15) is 0 Å². The van der Waals surface area contributed by atoms with Gasteiger partial charge in [-0.3, -0.25) is 4.90 Å². The lowest BCUT2D eigenvalue weighted by molar-refractivity contribution is 0.0136. The van der Waals surface area contributed by atoms with Crippen LogP contribution in [0, 0.1) is 0 Å². The van der Waals surface area contributed by atoms with Gasteiger partial charge in [0.15, 0.2) is 0 Å². The summed E-state index contributed by atoms with van der Waals surface area (Å²) in [7, 11) is 2.00. The Morgan fingerprint density at radius 1 is 1.30 bits per heavy atom. The Kier molecular flexibility index (Phi) is 4.32. The summed E-state index contributed by atoms with van der Waals surface area (Å²) >= 11 is 0. The number of hydrogen-bond donors (Lipinski definition) is 0. The average Bonchev–Trinajstić information content (AvgIpc) is 2.74. The number of piperazine rings is 1. The fourth-order valence-electron chi connectivity index (χ4n) is 2.16. The summed E-state index contributed by atoms with van der Waals surface area (Å²) in [5.41, 5.74) is -0.429. The molecule has 0 radical (unpaired) electrons. The van der Waals surface area contributed by atoms with Gasteiger partial charge >= 0.3 is 6.09 Å². The Hall–Kier alpha value is -1.56. The van der Waals surface area contributed by atoms with Gasteiger partial charge < -0.3 is 14.2 Å². The van der Waals surface area contributed by atoms with Crippen LogP contribution < -0.4 is 0 Å². The molecule has 0 N–H and O–H groups in total. The predicted molar refractivity (Wildman–Crippen MR) is 76.3 cm³/mol. The van der Waals surface area contributed by atoms with Crippen molar-refractivity contribution < 1.29 is 9.53 Å². The smallest absolute Gasteiger partial charge is 0.410 e. The molecule has 2 heterocycles. The van der Waals surface area contributed by atoms with Crippen LogP contribution in [0.2, 0.25) is 0 Å². The van der Waals surface area contributed by atoms with Gasteiger partial charge in [0.05, 0.1) is 6.54 Å². The van der Waals surface area contributed by atoms with E-state index < -0.39 is 5.60 Å². The van der Waals surface area contributed by atoms with Crippen molar-refractivity contribution in [3.8, 4) is 0 Å². The molecular formula is C14H24N4O2. The van der Waals surface area contributed by atoms with Gasteiger partial charge in [-0.25, -0.2) is 9.78 Å². The van der Waals surface area contributed by atoms with Crippen LogP contribution in [0.5, 0.6) is 0 Å². The van der Waals surface area contributed by atoms with E-state index >= 15 is 0 Å². The first-order valence-corrected chi connectivity index (χ1v) is 7.01. The number of hydrogen-bond acceptors (Lipinski definition) is 4. The molecule has 1 aromatic heterocycles. The second kappa shape index (κ2) is 5.83. The normalized spacial score (nSPS) is 17.3. The van der Waals surface area contributed by atoms with E-state index in [1.165, 1.54) is 0 Å². The highest BCUT2D eigenvalue weighted by Crippen LogP contribution is 2.12. The van der Waals surface area contributed by atoms with Crippen molar-refractivity contribution in [2.75, 3.05) is 26.2 Å². The quantitative estimate of drug-likeness (QED) is 0.823. The Labute approximate surface area is 120 Å². The van der Waals surface area contributed by atoms with Crippen molar-refractivity contribution in [1.82, 2.24) is 19.4 Å². The molecule has 1 amide bonds. The van der Waals surface area contributed by atoms with E-state index in [0.717, 1.165) is 25.5 Å². The van der Waals surface area contributed by atoms with Gasteiger partial charge in [0.25, 0.3) is 0 Å². The van der Waals surface area contributed by atoms with Crippen LogP contribution in [0.1, 0.15) is 26.6 Å². The highest BCUT2D eigenvalue weighted by Gasteiger charge is 2.26. The zero-order valence-corrected chi connectivity index (χ0v) is 12.8. The lowest BCUT2D eigenvalue weighted by atomic mass is 10.2. The summed E-state index contributed by atoms with van der Waals surface area (Å²) in [5.74, 6) is 1.05. The van der Waals surface area contributed by atoms with Crippen molar-refractivity contribution >= 4 is 6.09 Å². The minimum absolute atomic E-state index is 0.214. The molecule has 6 nitrogen and oxygen atoms in total. The fraction of sp³-hybridized carbons (Fsp3) is 0.714. The molecule has 0 aromatic carbocycles. The highest BCUT2D eigenvalue weighted by molar-refractivity contribution is 5.68. The number of carbonyl (C=O) groups is 1. The van der Waals surface area contributed by atoms with E-state index in [9.17, 15) is 4.79 Å². The van der Waals surface area contributed by atoms with Crippen LogP contribution in [0.25, 0.3) is 0 Å². The Morgan fingerprint density at radius 2 is 1.95 bits per heavy atom. The maximum absolute atomic E-state index is 12.0. The van der Waals surface area contributed by atoms with Crippen molar-refractivity contribution in [2.45, 2.75) is 32.9 Å². The molecule has 0 aliphatic carbocycles. The standard InChI is InChI=1S/C14H24N4O2/c1-14(2,3)20-13(19)18-9-7-17(8-10-18)11-12-15-5-6-16(12)4/h5-6H,7-11H2,1-4H3. The second-order valence-corrected chi connectivity index (χ2v) is 6.20. The van der Waals surface area contributed by atoms with E-state index in [1.54, 1.807) is 4.90 Å². The van der Waals surface area contributed by atoms with Gasteiger partial charge in [-0.1, -0.05) is 0 Å². The number of ether oxygens (including phenoxy) is 1. The molecule has 1 aliphatic rings. The van der Waals surface area contributed by atoms with Crippen LogP contribution in [-0.2, 0) is 18.3 Å². The fourth-order valence-corrected chi connectivity index (χ4v) is 2.16. The molecule has 0 saturated carbocycles. The molecule has 0 spiro atoms. The van der Waals surface area contributed by atoms with Gasteiger partial charge in [-0.05, 0) is 20.8 Å². The van der Waals surface area contributed by atoms with Crippen LogP contribution >= 0.6 is 0 Å². The number of imidazole rings is 1. The largest absolute Gasteiger partial charge is 0.444 e. The van der Waals surface area contributed by atoms with E-state index in [2.05, 4.69) is 9.88 Å². The molecule has 1 saturated heterocycles. The van der Waals surface area contributed by atoms with Crippen molar-refractivity contribution in [1.29, 1.82) is 0 Å². The Bertz CT molecular complexity index is 456. The molecule has 0 atom stereocenters. The molecular weight excluding hydrogens is 256 g/mol. The van der Waals surface area contributed by atoms with Crippen molar-refractivity contribution in [3.63, 3.8) is 0 Å². The average molecular weight is 280 g/mol. The first-order chi connectivity index (χ1) is 9.35. The van der Waals surface area contributed by atoms with Crippen LogP contribution in [0.4, 0.5) is 4.79 Å². The molecule has 6 heteroatoms. The maximum Gasteiger partial charge on any atom is 0.410 e. The Balaban J connectivity index is 1.81. The Morgan fingerprint density at radius 3 is 2.45 bits per heavy atom. The lowest BCUT2D eigenvalue weighted by Gasteiger charge is -2.35. The second-order valence-electron chi connectivity index (χ2n) is 6.20. The topological polar surface area (TPSA) is 50.6 Å². The zero-order valence-electron chi connectivity index (χ0n) is 12.8. The predicted octanol–water partition coefficient (Wildman–Crippen LogP) is 1.47. The van der Waals surface area contributed by atoms with Gasteiger partial charge in [0, 0.05) is 45.6 Å². The number of rotatable bonds is 2. The monoisotopic (exact) mass is 280 g/mol. The minimum atomic E-state index is -0.429. The lowest BCUT2D eigenvalue weighted by Crippen LogP contribution is -2.49. The van der Waals surface area contributed by atoms with Crippen molar-refractivity contribution in [3.05, 3.63) is 18.2 Å². The number of amides is 1. The maximum atomic E-state index is 12.0. The summed E-state index contributed by atoms with van der Waals surface area (Å²) in [4.78, 5) is 20.4. The van der Waals surface area contributed by atoms with Gasteiger partial charge in [0.2, 0.25) is 0 Å². The summed E-state index contributed by atoms with van der Waals surface area (Å²) in [5, 5.41) is 0. The number of carbonyl (C=O) groups excluding carboxylic acids is 1. The molecule has 0 bridgehead atoms. The molecule has 20 heavy (non-hydrogen) atoms. The van der Waals surface area contributed by atoms with Crippen LogP contribution in [0.15, 0.2) is 12.4 Å². The molecule has 0 unspecified atom stereocenters. The molecule has 112 valence electrons. The van der Waals surface area contributed by atoms with Crippen molar-refractivity contribution in [2.24, 2.45) is 7.05 Å². The summed E-state index contributed by atoms with van der Waals surface area (Å²) in [6.45, 7) is 9.62. The molecule has 1 aromatic rings. The number of aromatic nitrogens is 2. The SMILES string of the molecule is Cn1ccnc1CN1CCN(C(=O)OC(C)(C)C)CC1. The molecule has 2 rings (SSSR count). The number of aryl methyl sites for hydroxylation is 1. The summed E-state index contributed by atoms with van der Waals surface area (Å²) < 4.78 is 7.42. The van der Waals surface area contributed by atoms with E-state index in [1.807, 2.05) is 44.8 Å². The summed E-state index contributed by atoms with van der Waals surface area (Å²) in [6, 6.07) is 0. The molecule has 1 fully saturated rings.